The van der Waals surface area contributed by atoms with Crippen molar-refractivity contribution in [3.63, 3.8) is 0 Å². The van der Waals surface area contributed by atoms with Gasteiger partial charge in [0.1, 0.15) is 18.7 Å². The molecule has 4 heterocycles. The van der Waals surface area contributed by atoms with Crippen molar-refractivity contribution in [2.75, 3.05) is 39.3 Å². The number of hydrogen-bond acceptors (Lipinski definition) is 16. The van der Waals surface area contributed by atoms with Crippen molar-refractivity contribution in [3.05, 3.63) is 82.3 Å². The van der Waals surface area contributed by atoms with Gasteiger partial charge in [0, 0.05) is 69.2 Å². The number of benzene rings is 2. The Morgan fingerprint density at radius 3 is 2.08 bits per heavy atom. The molecule has 0 bridgehead atoms. The van der Waals surface area contributed by atoms with Gasteiger partial charge in [-0.25, -0.2) is 4.98 Å². The van der Waals surface area contributed by atoms with E-state index in [0.717, 1.165) is 16.0 Å². The number of aliphatic carboxylic acids is 1. The standard InChI is InChI=1S/C53H62N6O15S/c1-31(2)50(57-44(61)10-7-6-8-21-59-46(63)16-17-47(59)64)52(69)54-32(3)51(68)55-36-13-11-33(12-14-36)30-74-49(67)20-18-45(62)58-28-34-24-39(70-4)40(25-35(34)29-58)72-22-9-23-73-53-41(71-5)27-42-37(56-53)26-43(75-42)38(60)15-19-48(65)66/h11-14,16-17,24-27,31-32,50H,6-10,15,18-23,28-30H2,1-5H3,(H,54,69)(H,55,68)(H,57,61)(H,65,66)/t32-,50-/m0/s1. The Morgan fingerprint density at radius 2 is 1.41 bits per heavy atom. The second-order valence-corrected chi connectivity index (χ2v) is 19.3. The molecule has 0 saturated heterocycles. The zero-order valence-corrected chi connectivity index (χ0v) is 43.3. The predicted octanol–water partition coefficient (Wildman–Crippen LogP) is 5.64. The number of esters is 1. The minimum Gasteiger partial charge on any atom is -0.493 e. The van der Waals surface area contributed by atoms with Crippen LogP contribution in [0.1, 0.15) is 105 Å². The maximum Gasteiger partial charge on any atom is 0.306 e. The minimum absolute atomic E-state index is 0.0586. The van der Waals surface area contributed by atoms with Gasteiger partial charge in [0.05, 0.1) is 55.4 Å². The lowest BCUT2D eigenvalue weighted by Gasteiger charge is -2.24. The average molecular weight is 1060 g/mol. The molecule has 4 aromatic rings. The van der Waals surface area contributed by atoms with Crippen molar-refractivity contribution in [2.45, 2.75) is 110 Å². The molecule has 2 atom stereocenters. The van der Waals surface area contributed by atoms with Gasteiger partial charge in [-0.1, -0.05) is 32.4 Å². The normalized spacial score (nSPS) is 13.6. The van der Waals surface area contributed by atoms with Crippen LogP contribution in [0.2, 0.25) is 0 Å². The number of thiophene rings is 1. The van der Waals surface area contributed by atoms with Crippen LogP contribution >= 0.6 is 11.3 Å². The second kappa shape index (κ2) is 26.9. The number of fused-ring (bicyclic) bond motifs is 2. The monoisotopic (exact) mass is 1050 g/mol. The Hall–Kier alpha value is -7.88. The molecule has 22 heteroatoms. The van der Waals surface area contributed by atoms with E-state index < -0.39 is 35.8 Å². The van der Waals surface area contributed by atoms with Gasteiger partial charge in [-0.05, 0) is 72.7 Å². The van der Waals surface area contributed by atoms with E-state index in [9.17, 15) is 43.2 Å². The summed E-state index contributed by atoms with van der Waals surface area (Å²) in [6, 6.07) is 11.8. The molecule has 0 fully saturated rings. The van der Waals surface area contributed by atoms with Gasteiger partial charge in [0.15, 0.2) is 23.0 Å². The second-order valence-electron chi connectivity index (χ2n) is 18.2. The molecule has 2 aliphatic rings. The molecule has 75 heavy (non-hydrogen) atoms. The highest BCUT2D eigenvalue weighted by Crippen LogP contribution is 2.37. The van der Waals surface area contributed by atoms with Crippen molar-refractivity contribution < 1.29 is 71.9 Å². The number of carbonyl (C=O) groups excluding carboxylic acids is 8. The Kier molecular flexibility index (Phi) is 20.2. The molecule has 400 valence electrons. The molecular formula is C53H62N6O15S. The molecule has 6 rings (SSSR count). The Morgan fingerprint density at radius 1 is 0.733 bits per heavy atom. The number of amides is 6. The molecule has 2 aromatic heterocycles. The third-order valence-electron chi connectivity index (χ3n) is 12.2. The summed E-state index contributed by atoms with van der Waals surface area (Å²) >= 11 is 1.21. The van der Waals surface area contributed by atoms with Gasteiger partial charge < -0.3 is 49.6 Å². The van der Waals surface area contributed by atoms with E-state index in [1.807, 2.05) is 12.1 Å². The van der Waals surface area contributed by atoms with Crippen LogP contribution in [0, 0.1) is 5.92 Å². The number of anilines is 1. The number of unbranched alkanes of at least 4 members (excludes halogenated alkanes) is 2. The van der Waals surface area contributed by atoms with Gasteiger partial charge in [-0.2, -0.15) is 0 Å². The smallest absolute Gasteiger partial charge is 0.306 e. The van der Waals surface area contributed by atoms with Crippen LogP contribution in [0.4, 0.5) is 5.69 Å². The molecule has 21 nitrogen and oxygen atoms in total. The summed E-state index contributed by atoms with van der Waals surface area (Å²) in [5, 5.41) is 17.1. The third-order valence-corrected chi connectivity index (χ3v) is 13.3. The van der Waals surface area contributed by atoms with Crippen LogP contribution < -0.4 is 34.9 Å². The Labute approximate surface area is 437 Å². The molecule has 0 unspecified atom stereocenters. The van der Waals surface area contributed by atoms with Gasteiger partial charge >= 0.3 is 11.9 Å². The van der Waals surface area contributed by atoms with Crippen LogP contribution in [0.3, 0.4) is 0 Å². The van der Waals surface area contributed by atoms with E-state index in [2.05, 4.69) is 20.9 Å². The van der Waals surface area contributed by atoms with E-state index in [-0.39, 0.29) is 99.7 Å². The first kappa shape index (κ1) is 56.4. The number of ether oxygens (including phenoxy) is 5. The summed E-state index contributed by atoms with van der Waals surface area (Å²) in [6.07, 6.45) is 4.17. The summed E-state index contributed by atoms with van der Waals surface area (Å²) in [4.78, 5) is 119. The summed E-state index contributed by atoms with van der Waals surface area (Å²) in [5.41, 5.74) is 3.38. The molecule has 0 spiro atoms. The number of ketones is 1. The number of carboxylic acid groups (broad SMARTS) is 1. The number of Topliss-reactive ketones (excluding diaryl/α,β-unsaturated/α-hetero) is 1. The summed E-state index contributed by atoms with van der Waals surface area (Å²) in [6.45, 7) is 6.43. The number of aromatic nitrogens is 1. The van der Waals surface area contributed by atoms with Gasteiger partial charge in [0.2, 0.25) is 23.6 Å². The topological polar surface area (TPSA) is 275 Å². The number of carbonyl (C=O) groups is 9. The number of rotatable bonds is 29. The predicted molar refractivity (Wildman–Crippen MR) is 273 cm³/mol. The highest BCUT2D eigenvalue weighted by atomic mass is 32.1. The highest BCUT2D eigenvalue weighted by molar-refractivity contribution is 7.20. The fourth-order valence-corrected chi connectivity index (χ4v) is 9.00. The van der Waals surface area contributed by atoms with Crippen LogP contribution in [-0.2, 0) is 62.8 Å². The van der Waals surface area contributed by atoms with Crippen LogP contribution in [0.25, 0.3) is 10.2 Å². The van der Waals surface area contributed by atoms with Gasteiger partial charge in [0.25, 0.3) is 17.7 Å². The zero-order chi connectivity index (χ0) is 54.2. The van der Waals surface area contributed by atoms with Crippen LogP contribution in [0.15, 0.2) is 60.7 Å². The fourth-order valence-electron chi connectivity index (χ4n) is 8.00. The molecule has 2 aromatic carbocycles. The zero-order valence-electron chi connectivity index (χ0n) is 42.5. The Bertz CT molecular complexity index is 2790. The van der Waals surface area contributed by atoms with E-state index >= 15 is 0 Å². The van der Waals surface area contributed by atoms with Gasteiger partial charge in [-0.3, -0.25) is 48.1 Å². The first-order valence-electron chi connectivity index (χ1n) is 24.6. The molecule has 0 radical (unpaired) electrons. The molecule has 0 saturated carbocycles. The minimum atomic E-state index is -1.04. The van der Waals surface area contributed by atoms with Gasteiger partial charge in [-0.15, -0.1) is 11.3 Å². The molecule has 0 aliphatic carbocycles. The summed E-state index contributed by atoms with van der Waals surface area (Å²) < 4.78 is 29.2. The molecule has 6 amide bonds. The summed E-state index contributed by atoms with van der Waals surface area (Å²) in [7, 11) is 3.01. The quantitative estimate of drug-likeness (QED) is 0.0222. The van der Waals surface area contributed by atoms with Crippen molar-refractivity contribution in [2.24, 2.45) is 5.92 Å². The number of nitrogens with one attached hydrogen (secondary N) is 3. The molecule has 4 N–H and O–H groups in total. The van der Waals surface area contributed by atoms with E-state index in [4.69, 9.17) is 28.8 Å². The van der Waals surface area contributed by atoms with Crippen molar-refractivity contribution in [3.8, 4) is 23.1 Å². The van der Waals surface area contributed by atoms with Crippen LogP contribution in [0.5, 0.6) is 23.1 Å². The lowest BCUT2D eigenvalue weighted by molar-refractivity contribution is -0.147. The van der Waals surface area contributed by atoms with Crippen molar-refractivity contribution >= 4 is 80.4 Å². The van der Waals surface area contributed by atoms with E-state index in [0.29, 0.717) is 82.4 Å². The number of pyridine rings is 1. The van der Waals surface area contributed by atoms with E-state index in [1.54, 1.807) is 55.1 Å². The average Bonchev–Trinajstić information content (AvgIpc) is 4.10. The van der Waals surface area contributed by atoms with Crippen LogP contribution in [-0.4, -0.2) is 119 Å². The number of hydrogen-bond donors (Lipinski definition) is 4. The number of carboxylic acids is 1. The first-order chi connectivity index (χ1) is 35.9. The molecule has 2 aliphatic heterocycles. The van der Waals surface area contributed by atoms with E-state index in [1.165, 1.54) is 44.6 Å². The SMILES string of the molecule is COc1cc2c(cc1OCCCOc1nc3cc(C(=O)CCC(=O)O)sc3cc1OC)CN(C(=O)CCC(=O)OCc1ccc(NC(=O)[C@H](C)NC(=O)[C@@H](NC(=O)CCCCCN3C(=O)C=CC3=O)C(C)C)cc1)C2. The number of imide groups is 1. The van der Waals surface area contributed by atoms with Crippen molar-refractivity contribution in [1.82, 2.24) is 25.4 Å². The fraction of sp³-hybridized carbons (Fsp3) is 0.434. The summed E-state index contributed by atoms with van der Waals surface area (Å²) in [5.74, 6) is -2.79. The van der Waals surface area contributed by atoms with Crippen molar-refractivity contribution in [1.29, 1.82) is 0 Å². The third kappa shape index (κ3) is 16.1. The first-order valence-corrected chi connectivity index (χ1v) is 25.4. The highest BCUT2D eigenvalue weighted by Gasteiger charge is 2.29. The number of nitrogens with zero attached hydrogens (tertiary/aromatic N) is 3. The number of methoxy groups -OCH3 is 2. The maximum absolute atomic E-state index is 13.2. The lowest BCUT2D eigenvalue weighted by Crippen LogP contribution is -2.53. The largest absolute Gasteiger partial charge is 0.493 e. The Balaban J connectivity index is 0.868. The molecular weight excluding hydrogens is 993 g/mol. The maximum atomic E-state index is 13.2. The lowest BCUT2D eigenvalue weighted by atomic mass is 10.0.